The fourth-order valence-electron chi connectivity index (χ4n) is 3.33. The van der Waals surface area contributed by atoms with Gasteiger partial charge in [-0.3, -0.25) is 4.98 Å². The fraction of sp³-hybridized carbons (Fsp3) is 0.250. The molecule has 0 atom stereocenters. The van der Waals surface area contributed by atoms with Crippen molar-refractivity contribution in [3.63, 3.8) is 0 Å². The molecule has 0 spiro atoms. The number of hydrogen-bond acceptors (Lipinski definition) is 3. The van der Waals surface area contributed by atoms with Gasteiger partial charge in [0.2, 0.25) is 0 Å². The number of para-hydroxylation sites is 1. The standard InChI is InChI=1S/C20H20ClN3/c21-18-5-1-3-15(13-18)11-16-12-17-4-2-6-19(20(17)23-14-16)24-9-7-22-8-10-24/h1-6,12-14,22H,7-11H2. The van der Waals surface area contributed by atoms with Gasteiger partial charge in [-0.25, -0.2) is 0 Å². The smallest absolute Gasteiger partial charge is 0.0935 e. The molecule has 3 nitrogen and oxygen atoms in total. The van der Waals surface area contributed by atoms with Crippen molar-refractivity contribution in [3.8, 4) is 0 Å². The summed E-state index contributed by atoms with van der Waals surface area (Å²) in [6, 6.07) is 16.7. The zero-order valence-electron chi connectivity index (χ0n) is 13.5. The minimum Gasteiger partial charge on any atom is -0.367 e. The molecular weight excluding hydrogens is 318 g/mol. The minimum atomic E-state index is 0.780. The number of hydrogen-bond donors (Lipinski definition) is 1. The van der Waals surface area contributed by atoms with E-state index < -0.39 is 0 Å². The molecule has 2 aromatic carbocycles. The number of anilines is 1. The lowest BCUT2D eigenvalue weighted by atomic mass is 10.0. The van der Waals surface area contributed by atoms with Crippen molar-refractivity contribution in [2.24, 2.45) is 0 Å². The van der Waals surface area contributed by atoms with Crippen LogP contribution in [0.3, 0.4) is 0 Å². The highest BCUT2D eigenvalue weighted by molar-refractivity contribution is 6.30. The highest BCUT2D eigenvalue weighted by Crippen LogP contribution is 2.26. The molecule has 1 aliphatic rings. The monoisotopic (exact) mass is 337 g/mol. The molecule has 2 heterocycles. The number of nitrogens with one attached hydrogen (secondary N) is 1. The molecule has 24 heavy (non-hydrogen) atoms. The van der Waals surface area contributed by atoms with Gasteiger partial charge in [0.1, 0.15) is 0 Å². The lowest BCUT2D eigenvalue weighted by Crippen LogP contribution is -2.43. The summed E-state index contributed by atoms with van der Waals surface area (Å²) in [7, 11) is 0. The van der Waals surface area contributed by atoms with E-state index in [-0.39, 0.29) is 0 Å². The molecule has 1 saturated heterocycles. The van der Waals surface area contributed by atoms with Gasteiger partial charge < -0.3 is 10.2 Å². The average molecular weight is 338 g/mol. The quantitative estimate of drug-likeness (QED) is 0.786. The minimum absolute atomic E-state index is 0.780. The summed E-state index contributed by atoms with van der Waals surface area (Å²) in [6.07, 6.45) is 2.84. The second-order valence-corrected chi connectivity index (χ2v) is 6.67. The maximum absolute atomic E-state index is 6.09. The van der Waals surface area contributed by atoms with Crippen molar-refractivity contribution < 1.29 is 0 Å². The van der Waals surface area contributed by atoms with Crippen LogP contribution in [0.2, 0.25) is 5.02 Å². The molecule has 122 valence electrons. The molecule has 3 aromatic rings. The highest BCUT2D eigenvalue weighted by atomic mass is 35.5. The Balaban J connectivity index is 1.66. The van der Waals surface area contributed by atoms with Crippen molar-refractivity contribution >= 4 is 28.2 Å². The third-order valence-electron chi connectivity index (χ3n) is 4.50. The van der Waals surface area contributed by atoms with Gasteiger partial charge in [-0.15, -0.1) is 0 Å². The number of fused-ring (bicyclic) bond motifs is 1. The van der Waals surface area contributed by atoms with E-state index in [4.69, 9.17) is 16.6 Å². The van der Waals surface area contributed by atoms with Crippen molar-refractivity contribution in [1.29, 1.82) is 0 Å². The predicted octanol–water partition coefficient (Wildman–Crippen LogP) is 3.89. The van der Waals surface area contributed by atoms with Gasteiger partial charge in [0.05, 0.1) is 11.2 Å². The van der Waals surface area contributed by atoms with Gasteiger partial charge >= 0.3 is 0 Å². The Bertz CT molecular complexity index is 856. The van der Waals surface area contributed by atoms with E-state index >= 15 is 0 Å². The topological polar surface area (TPSA) is 28.2 Å². The molecular formula is C20H20ClN3. The summed E-state index contributed by atoms with van der Waals surface area (Å²) in [5.74, 6) is 0. The molecule has 0 bridgehead atoms. The SMILES string of the molecule is Clc1cccc(Cc2cnc3c(N4CCNCC4)cccc3c2)c1. The molecule has 1 aliphatic heterocycles. The van der Waals surface area contributed by atoms with Gasteiger partial charge in [-0.05, 0) is 41.8 Å². The third-order valence-corrected chi connectivity index (χ3v) is 4.74. The molecule has 0 saturated carbocycles. The molecule has 4 heteroatoms. The molecule has 1 fully saturated rings. The molecule has 0 unspecified atom stereocenters. The van der Waals surface area contributed by atoms with Gasteiger partial charge in [-0.2, -0.15) is 0 Å². The number of piperazine rings is 1. The number of pyridine rings is 1. The summed E-state index contributed by atoms with van der Waals surface area (Å²) < 4.78 is 0. The Kier molecular flexibility index (Phi) is 4.37. The fourth-order valence-corrected chi connectivity index (χ4v) is 3.54. The van der Waals surface area contributed by atoms with Crippen LogP contribution in [-0.4, -0.2) is 31.2 Å². The summed E-state index contributed by atoms with van der Waals surface area (Å²) in [6.45, 7) is 4.13. The molecule has 4 rings (SSSR count). The van der Waals surface area contributed by atoms with Crippen molar-refractivity contribution in [2.75, 3.05) is 31.1 Å². The zero-order chi connectivity index (χ0) is 16.4. The predicted molar refractivity (Wildman–Crippen MR) is 101 cm³/mol. The normalized spacial score (nSPS) is 15.0. The van der Waals surface area contributed by atoms with Gasteiger partial charge in [0.15, 0.2) is 0 Å². The molecule has 0 radical (unpaired) electrons. The number of aromatic nitrogens is 1. The summed E-state index contributed by atoms with van der Waals surface area (Å²) >= 11 is 6.09. The first-order valence-electron chi connectivity index (χ1n) is 8.37. The van der Waals surface area contributed by atoms with E-state index in [2.05, 4.69) is 40.5 Å². The van der Waals surface area contributed by atoms with Gasteiger partial charge in [0.25, 0.3) is 0 Å². The van der Waals surface area contributed by atoms with E-state index in [0.717, 1.165) is 43.1 Å². The van der Waals surface area contributed by atoms with Crippen LogP contribution >= 0.6 is 11.6 Å². The molecule has 0 aliphatic carbocycles. The van der Waals surface area contributed by atoms with Crippen LogP contribution in [0.15, 0.2) is 54.7 Å². The summed E-state index contributed by atoms with van der Waals surface area (Å²) in [4.78, 5) is 7.20. The van der Waals surface area contributed by atoms with Crippen LogP contribution in [-0.2, 0) is 6.42 Å². The lowest BCUT2D eigenvalue weighted by Gasteiger charge is -2.30. The summed E-state index contributed by atoms with van der Waals surface area (Å²) in [5, 5.41) is 5.38. The van der Waals surface area contributed by atoms with E-state index in [1.807, 2.05) is 24.4 Å². The highest BCUT2D eigenvalue weighted by Gasteiger charge is 2.14. The van der Waals surface area contributed by atoms with E-state index in [1.54, 1.807) is 0 Å². The molecule has 1 N–H and O–H groups in total. The van der Waals surface area contributed by atoms with Crippen LogP contribution in [0.25, 0.3) is 10.9 Å². The van der Waals surface area contributed by atoms with Crippen LogP contribution in [0.5, 0.6) is 0 Å². The zero-order valence-corrected chi connectivity index (χ0v) is 14.3. The van der Waals surface area contributed by atoms with Crippen LogP contribution in [0.4, 0.5) is 5.69 Å². The number of benzene rings is 2. The maximum Gasteiger partial charge on any atom is 0.0935 e. The maximum atomic E-state index is 6.09. The second-order valence-electron chi connectivity index (χ2n) is 6.24. The first kappa shape index (κ1) is 15.4. The Labute approximate surface area is 147 Å². The van der Waals surface area contributed by atoms with Crippen molar-refractivity contribution in [1.82, 2.24) is 10.3 Å². The van der Waals surface area contributed by atoms with Crippen molar-refractivity contribution in [2.45, 2.75) is 6.42 Å². The van der Waals surface area contributed by atoms with Crippen LogP contribution in [0, 0.1) is 0 Å². The van der Waals surface area contributed by atoms with E-state index in [0.29, 0.717) is 0 Å². The third kappa shape index (κ3) is 3.23. The van der Waals surface area contributed by atoms with Crippen LogP contribution in [0.1, 0.15) is 11.1 Å². The first-order valence-corrected chi connectivity index (χ1v) is 8.75. The Morgan fingerprint density at radius 1 is 1.00 bits per heavy atom. The summed E-state index contributed by atoms with van der Waals surface area (Å²) in [5.41, 5.74) is 4.75. The Hall–Kier alpha value is -2.10. The van der Waals surface area contributed by atoms with Crippen molar-refractivity contribution in [3.05, 3.63) is 70.9 Å². The van der Waals surface area contributed by atoms with E-state index in [9.17, 15) is 0 Å². The van der Waals surface area contributed by atoms with Crippen LogP contribution < -0.4 is 10.2 Å². The first-order chi connectivity index (χ1) is 11.8. The lowest BCUT2D eigenvalue weighted by molar-refractivity contribution is 0.590. The van der Waals surface area contributed by atoms with E-state index in [1.165, 1.54) is 22.2 Å². The Morgan fingerprint density at radius 3 is 2.67 bits per heavy atom. The Morgan fingerprint density at radius 2 is 1.83 bits per heavy atom. The largest absolute Gasteiger partial charge is 0.367 e. The van der Waals surface area contributed by atoms with Gasteiger partial charge in [-0.1, -0.05) is 35.9 Å². The van der Waals surface area contributed by atoms with Gasteiger partial charge in [0, 0.05) is 42.8 Å². The second kappa shape index (κ2) is 6.80. The molecule has 1 aromatic heterocycles. The average Bonchev–Trinajstić information content (AvgIpc) is 2.62. The number of halogens is 1. The number of nitrogens with zero attached hydrogens (tertiary/aromatic N) is 2. The number of rotatable bonds is 3. The molecule has 0 amide bonds.